The molecule has 3 aromatic rings. The lowest BCUT2D eigenvalue weighted by Gasteiger charge is -2.10. The molecule has 1 N–H and O–H groups in total. The minimum Gasteiger partial charge on any atom is -0.496 e. The van der Waals surface area contributed by atoms with Crippen molar-refractivity contribution in [2.75, 3.05) is 19.1 Å². The second kappa shape index (κ2) is 7.94. The molecule has 1 aliphatic rings. The first kappa shape index (κ1) is 19.6. The van der Waals surface area contributed by atoms with E-state index in [1.54, 1.807) is 49.0 Å². The van der Waals surface area contributed by atoms with Crippen molar-refractivity contribution in [2.24, 2.45) is 0 Å². The van der Waals surface area contributed by atoms with Gasteiger partial charge in [0.2, 0.25) is 0 Å². The molecule has 10 heteroatoms. The monoisotopic (exact) mass is 447 g/mol. The third-order valence-corrected chi connectivity index (χ3v) is 6.01. The molecule has 1 saturated heterocycles. The molecule has 0 radical (unpaired) electrons. The van der Waals surface area contributed by atoms with Crippen molar-refractivity contribution in [3.05, 3.63) is 51.5 Å². The SMILES string of the molecule is COc1cc(-c2ccc(/C=C3/SC(=N)N(c4nccs4)C3=O)o2)c(OC)cc1Cl. The molecule has 1 aromatic carbocycles. The van der Waals surface area contributed by atoms with E-state index < -0.39 is 0 Å². The molecule has 0 unspecified atom stereocenters. The fourth-order valence-corrected chi connectivity index (χ4v) is 4.50. The van der Waals surface area contributed by atoms with E-state index in [0.717, 1.165) is 11.8 Å². The van der Waals surface area contributed by atoms with E-state index in [-0.39, 0.29) is 11.1 Å². The van der Waals surface area contributed by atoms with Gasteiger partial charge >= 0.3 is 0 Å². The number of amidine groups is 1. The number of methoxy groups -OCH3 is 2. The number of thiazole rings is 1. The van der Waals surface area contributed by atoms with E-state index in [4.69, 9.17) is 30.9 Å². The predicted molar refractivity (Wildman–Crippen MR) is 115 cm³/mol. The molecule has 7 nitrogen and oxygen atoms in total. The van der Waals surface area contributed by atoms with E-state index in [1.807, 2.05) is 0 Å². The van der Waals surface area contributed by atoms with Crippen molar-refractivity contribution in [1.82, 2.24) is 4.98 Å². The summed E-state index contributed by atoms with van der Waals surface area (Å²) in [6.07, 6.45) is 3.21. The van der Waals surface area contributed by atoms with Crippen LogP contribution in [0.5, 0.6) is 11.5 Å². The number of nitrogens with one attached hydrogen (secondary N) is 1. The zero-order valence-electron chi connectivity index (χ0n) is 15.3. The Hall–Kier alpha value is -2.75. The lowest BCUT2D eigenvalue weighted by atomic mass is 10.1. The fraction of sp³-hybridized carbons (Fsp3) is 0.105. The van der Waals surface area contributed by atoms with Gasteiger partial charge in [0, 0.05) is 23.7 Å². The Kier molecular flexibility index (Phi) is 5.35. The second-order valence-electron chi connectivity index (χ2n) is 5.76. The van der Waals surface area contributed by atoms with Gasteiger partial charge in [0.1, 0.15) is 23.0 Å². The highest BCUT2D eigenvalue weighted by molar-refractivity contribution is 8.19. The predicted octanol–water partition coefficient (Wildman–Crippen LogP) is 5.13. The van der Waals surface area contributed by atoms with E-state index in [9.17, 15) is 4.79 Å². The number of benzene rings is 1. The molecule has 0 bridgehead atoms. The lowest BCUT2D eigenvalue weighted by Crippen LogP contribution is -2.27. The molecule has 4 rings (SSSR count). The van der Waals surface area contributed by atoms with Crippen LogP contribution in [0.1, 0.15) is 5.76 Å². The van der Waals surface area contributed by atoms with Crippen molar-refractivity contribution >= 4 is 57.0 Å². The molecule has 148 valence electrons. The summed E-state index contributed by atoms with van der Waals surface area (Å²) >= 11 is 8.52. The number of anilines is 1. The maximum atomic E-state index is 12.7. The number of rotatable bonds is 5. The first-order chi connectivity index (χ1) is 14.0. The number of carbonyl (C=O) groups excluding carboxylic acids is 1. The van der Waals surface area contributed by atoms with Crippen LogP contribution in [-0.2, 0) is 4.79 Å². The largest absolute Gasteiger partial charge is 0.496 e. The quantitative estimate of drug-likeness (QED) is 0.545. The smallest absolute Gasteiger partial charge is 0.273 e. The van der Waals surface area contributed by atoms with Gasteiger partial charge in [-0.15, -0.1) is 11.3 Å². The summed E-state index contributed by atoms with van der Waals surface area (Å²) in [6, 6.07) is 6.89. The number of carbonyl (C=O) groups is 1. The number of hydrogen-bond donors (Lipinski definition) is 1. The van der Waals surface area contributed by atoms with Crippen LogP contribution in [0.3, 0.4) is 0 Å². The molecule has 0 saturated carbocycles. The molecule has 0 spiro atoms. The summed E-state index contributed by atoms with van der Waals surface area (Å²) < 4.78 is 16.6. The Morgan fingerprint density at radius 2 is 2.03 bits per heavy atom. The topological polar surface area (TPSA) is 88.7 Å². The van der Waals surface area contributed by atoms with Gasteiger partial charge in [-0.25, -0.2) is 9.88 Å². The van der Waals surface area contributed by atoms with Crippen LogP contribution >= 0.6 is 34.7 Å². The number of ether oxygens (including phenoxy) is 2. The third kappa shape index (κ3) is 3.64. The third-order valence-electron chi connectivity index (χ3n) is 4.07. The fourth-order valence-electron chi connectivity index (χ4n) is 2.74. The minimum atomic E-state index is -0.307. The first-order valence-electron chi connectivity index (χ1n) is 8.25. The van der Waals surface area contributed by atoms with Crippen LogP contribution in [-0.4, -0.2) is 30.3 Å². The highest BCUT2D eigenvalue weighted by atomic mass is 35.5. The molecule has 0 atom stereocenters. The number of aromatic nitrogens is 1. The summed E-state index contributed by atoms with van der Waals surface area (Å²) in [4.78, 5) is 18.5. The molecule has 1 aliphatic heterocycles. The molecule has 2 aromatic heterocycles. The molecule has 0 aliphatic carbocycles. The van der Waals surface area contributed by atoms with Crippen LogP contribution in [0.25, 0.3) is 17.4 Å². The second-order valence-corrected chi connectivity index (χ2v) is 8.07. The Labute approximate surface area is 179 Å². The van der Waals surface area contributed by atoms with Gasteiger partial charge in [-0.1, -0.05) is 11.6 Å². The first-order valence-corrected chi connectivity index (χ1v) is 10.3. The van der Waals surface area contributed by atoms with Crippen LogP contribution in [0.4, 0.5) is 5.13 Å². The highest BCUT2D eigenvalue weighted by Crippen LogP contribution is 2.40. The zero-order valence-corrected chi connectivity index (χ0v) is 17.7. The summed E-state index contributed by atoms with van der Waals surface area (Å²) in [5, 5.41) is 10.8. The van der Waals surface area contributed by atoms with Crippen LogP contribution in [0, 0.1) is 5.41 Å². The van der Waals surface area contributed by atoms with Gasteiger partial charge in [-0.3, -0.25) is 10.2 Å². The summed E-state index contributed by atoms with van der Waals surface area (Å²) in [5.74, 6) is 1.73. The molecule has 29 heavy (non-hydrogen) atoms. The van der Waals surface area contributed by atoms with E-state index in [0.29, 0.717) is 43.6 Å². The summed E-state index contributed by atoms with van der Waals surface area (Å²) in [6.45, 7) is 0. The maximum absolute atomic E-state index is 12.7. The number of furan rings is 1. The Morgan fingerprint density at radius 1 is 1.24 bits per heavy atom. The van der Waals surface area contributed by atoms with Crippen molar-refractivity contribution < 1.29 is 18.7 Å². The van der Waals surface area contributed by atoms with Gasteiger partial charge < -0.3 is 13.9 Å². The normalized spacial score (nSPS) is 15.4. The highest BCUT2D eigenvalue weighted by Gasteiger charge is 2.35. The van der Waals surface area contributed by atoms with Crippen molar-refractivity contribution in [3.8, 4) is 22.8 Å². The van der Waals surface area contributed by atoms with Gasteiger partial charge in [-0.2, -0.15) is 0 Å². The Balaban J connectivity index is 1.65. The Morgan fingerprint density at radius 3 is 2.72 bits per heavy atom. The van der Waals surface area contributed by atoms with Crippen LogP contribution in [0.2, 0.25) is 5.02 Å². The zero-order chi connectivity index (χ0) is 20.5. The number of hydrogen-bond acceptors (Lipinski definition) is 8. The van der Waals surface area contributed by atoms with Crippen molar-refractivity contribution in [1.29, 1.82) is 5.41 Å². The average molecular weight is 448 g/mol. The van der Waals surface area contributed by atoms with E-state index >= 15 is 0 Å². The van der Waals surface area contributed by atoms with Crippen LogP contribution < -0.4 is 14.4 Å². The van der Waals surface area contributed by atoms with Crippen molar-refractivity contribution in [3.63, 3.8) is 0 Å². The van der Waals surface area contributed by atoms with Gasteiger partial charge in [-0.05, 0) is 30.0 Å². The standard InChI is InChI=1S/C19H14ClN3O4S2/c1-25-14-9-12(20)15(26-2)8-11(14)13-4-3-10(27-13)7-16-17(24)23(18(21)29-16)19-22-5-6-28-19/h3-9,21H,1-2H3/b16-7+,21-18?. The van der Waals surface area contributed by atoms with E-state index in [1.165, 1.54) is 23.3 Å². The van der Waals surface area contributed by atoms with Gasteiger partial charge in [0.15, 0.2) is 10.3 Å². The Bertz CT molecular complexity index is 1120. The molecular formula is C19H14ClN3O4S2. The number of nitrogens with zero attached hydrogens (tertiary/aromatic N) is 2. The number of amides is 1. The number of thioether (sulfide) groups is 1. The number of halogens is 1. The average Bonchev–Trinajstić information content (AvgIpc) is 3.44. The molecular weight excluding hydrogens is 434 g/mol. The molecule has 3 heterocycles. The van der Waals surface area contributed by atoms with E-state index in [2.05, 4.69) is 4.98 Å². The van der Waals surface area contributed by atoms with Crippen LogP contribution in [0.15, 0.2) is 45.2 Å². The summed E-state index contributed by atoms with van der Waals surface area (Å²) in [5.41, 5.74) is 0.668. The maximum Gasteiger partial charge on any atom is 0.273 e. The summed E-state index contributed by atoms with van der Waals surface area (Å²) in [7, 11) is 3.07. The molecule has 1 fully saturated rings. The van der Waals surface area contributed by atoms with Gasteiger partial charge in [0.05, 0.1) is 29.7 Å². The molecule has 1 amide bonds. The minimum absolute atomic E-state index is 0.104. The van der Waals surface area contributed by atoms with Crippen molar-refractivity contribution in [2.45, 2.75) is 0 Å². The van der Waals surface area contributed by atoms with Gasteiger partial charge in [0.25, 0.3) is 5.91 Å². The lowest BCUT2D eigenvalue weighted by molar-refractivity contribution is -0.113.